The second-order valence-electron chi connectivity index (χ2n) is 5.91. The number of rotatable bonds is 4. The van der Waals surface area contributed by atoms with Gasteiger partial charge in [-0.1, -0.05) is 6.07 Å². The second kappa shape index (κ2) is 6.52. The quantitative estimate of drug-likeness (QED) is 0.649. The Morgan fingerprint density at radius 2 is 1.69 bits per heavy atom. The normalized spacial score (nSPS) is 14.2. The smallest absolute Gasteiger partial charge is 0.240 e. The van der Waals surface area contributed by atoms with E-state index in [1.165, 1.54) is 6.07 Å². The average Bonchev–Trinajstić information content (AvgIpc) is 3.44. The highest BCUT2D eigenvalue weighted by atomic mass is 19.2. The molecule has 0 unspecified atom stereocenters. The van der Waals surface area contributed by atoms with Crippen molar-refractivity contribution in [2.45, 2.75) is 12.8 Å². The molecular weight excluding hydrogens is 347 g/mol. The molecule has 1 fully saturated rings. The van der Waals surface area contributed by atoms with Gasteiger partial charge in [0.1, 0.15) is 5.41 Å². The monoisotopic (exact) mass is 359 g/mol. The first-order valence-corrected chi connectivity index (χ1v) is 7.64. The predicted octanol–water partition coefficient (Wildman–Crippen LogP) is 3.33. The minimum atomic E-state index is -1.70. The Balaban J connectivity index is 1.76. The lowest BCUT2D eigenvalue weighted by Gasteiger charge is -2.16. The summed E-state index contributed by atoms with van der Waals surface area (Å²) in [5, 5.41) is 13.5. The summed E-state index contributed by atoms with van der Waals surface area (Å²) in [5.41, 5.74) is -1.28. The van der Waals surface area contributed by atoms with Gasteiger partial charge in [-0.3, -0.25) is 9.59 Å². The third-order valence-electron chi connectivity index (χ3n) is 4.15. The number of hydrogen-bond donors (Lipinski definition) is 2. The van der Waals surface area contributed by atoms with Crippen LogP contribution < -0.4 is 10.6 Å². The van der Waals surface area contributed by atoms with Crippen molar-refractivity contribution >= 4 is 23.2 Å². The zero-order valence-electron chi connectivity index (χ0n) is 13.3. The molecule has 0 atom stereocenters. The van der Waals surface area contributed by atoms with Crippen LogP contribution in [0.15, 0.2) is 36.4 Å². The molecule has 5 nitrogen and oxygen atoms in total. The molecule has 0 saturated heterocycles. The Morgan fingerprint density at radius 3 is 2.35 bits per heavy atom. The van der Waals surface area contributed by atoms with Crippen LogP contribution in [-0.4, -0.2) is 11.8 Å². The fraction of sp³-hybridized carbons (Fsp3) is 0.167. The third kappa shape index (κ3) is 3.11. The van der Waals surface area contributed by atoms with E-state index < -0.39 is 40.4 Å². The number of nitrogens with one attached hydrogen (secondary N) is 2. The minimum absolute atomic E-state index is 0.230. The first-order valence-electron chi connectivity index (χ1n) is 7.64. The molecule has 2 N–H and O–H groups in total. The number of nitriles is 1. The highest BCUT2D eigenvalue weighted by molar-refractivity contribution is 6.16. The van der Waals surface area contributed by atoms with E-state index in [1.54, 1.807) is 18.2 Å². The van der Waals surface area contributed by atoms with Crippen molar-refractivity contribution in [2.75, 3.05) is 10.6 Å². The molecule has 0 radical (unpaired) electrons. The maximum Gasteiger partial charge on any atom is 0.240 e. The molecule has 2 amide bonds. The fourth-order valence-electron chi connectivity index (χ4n) is 2.46. The van der Waals surface area contributed by atoms with Gasteiger partial charge < -0.3 is 10.6 Å². The van der Waals surface area contributed by atoms with Crippen LogP contribution >= 0.6 is 0 Å². The Morgan fingerprint density at radius 1 is 1.00 bits per heavy atom. The summed E-state index contributed by atoms with van der Waals surface area (Å²) in [4.78, 5) is 24.8. The lowest BCUT2D eigenvalue weighted by molar-refractivity contribution is -0.131. The first-order chi connectivity index (χ1) is 12.4. The van der Waals surface area contributed by atoms with Crippen LogP contribution in [0.4, 0.5) is 24.5 Å². The van der Waals surface area contributed by atoms with E-state index in [4.69, 9.17) is 5.26 Å². The Bertz CT molecular complexity index is 949. The van der Waals surface area contributed by atoms with Gasteiger partial charge in [0.15, 0.2) is 17.5 Å². The lowest BCUT2D eigenvalue weighted by Crippen LogP contribution is -2.36. The number of benzene rings is 2. The molecule has 0 aromatic heterocycles. The van der Waals surface area contributed by atoms with Gasteiger partial charge >= 0.3 is 0 Å². The van der Waals surface area contributed by atoms with E-state index >= 15 is 0 Å². The van der Waals surface area contributed by atoms with Crippen LogP contribution in [0.2, 0.25) is 0 Å². The Labute approximate surface area is 146 Å². The molecule has 0 bridgehead atoms. The van der Waals surface area contributed by atoms with Crippen molar-refractivity contribution in [1.82, 2.24) is 0 Å². The standard InChI is InChI=1S/C18H12F3N3O2/c19-12-4-5-13(15(21)14(12)20)24-17(26)18(6-7-18)16(25)23-11-3-1-2-10(8-11)9-22/h1-5,8H,6-7H2,(H,23,25)(H,24,26). The number of nitrogens with zero attached hydrogens (tertiary/aromatic N) is 1. The van der Waals surface area contributed by atoms with Crippen molar-refractivity contribution in [3.8, 4) is 6.07 Å². The van der Waals surface area contributed by atoms with Crippen LogP contribution in [0.25, 0.3) is 0 Å². The van der Waals surface area contributed by atoms with Crippen LogP contribution in [-0.2, 0) is 9.59 Å². The molecule has 0 heterocycles. The fourth-order valence-corrected chi connectivity index (χ4v) is 2.46. The minimum Gasteiger partial charge on any atom is -0.325 e. The number of halogens is 3. The van der Waals surface area contributed by atoms with Crippen molar-refractivity contribution < 1.29 is 22.8 Å². The van der Waals surface area contributed by atoms with E-state index in [2.05, 4.69) is 10.6 Å². The molecule has 26 heavy (non-hydrogen) atoms. The van der Waals surface area contributed by atoms with Crippen LogP contribution in [0, 0.1) is 34.2 Å². The van der Waals surface area contributed by atoms with Crippen molar-refractivity contribution in [2.24, 2.45) is 5.41 Å². The number of anilines is 2. The number of carbonyl (C=O) groups is 2. The zero-order chi connectivity index (χ0) is 18.9. The molecule has 8 heteroatoms. The van der Waals surface area contributed by atoms with Gasteiger partial charge in [0, 0.05) is 5.69 Å². The molecule has 1 saturated carbocycles. The van der Waals surface area contributed by atoms with Gasteiger partial charge in [-0.25, -0.2) is 13.2 Å². The summed E-state index contributed by atoms with van der Waals surface area (Å²) in [5.74, 6) is -6.04. The van der Waals surface area contributed by atoms with Gasteiger partial charge in [-0.05, 0) is 43.2 Å². The summed E-state index contributed by atoms with van der Waals surface area (Å²) in [6, 6.07) is 9.63. The molecule has 2 aromatic carbocycles. The highest BCUT2D eigenvalue weighted by Gasteiger charge is 2.56. The van der Waals surface area contributed by atoms with E-state index in [-0.39, 0.29) is 12.8 Å². The van der Waals surface area contributed by atoms with Gasteiger partial charge in [0.25, 0.3) is 0 Å². The van der Waals surface area contributed by atoms with Gasteiger partial charge in [0.2, 0.25) is 11.8 Å². The third-order valence-corrected chi connectivity index (χ3v) is 4.15. The van der Waals surface area contributed by atoms with Crippen molar-refractivity contribution in [3.63, 3.8) is 0 Å². The second-order valence-corrected chi connectivity index (χ2v) is 5.91. The molecule has 1 aliphatic carbocycles. The highest BCUT2D eigenvalue weighted by Crippen LogP contribution is 2.47. The molecule has 0 spiro atoms. The molecule has 2 aromatic rings. The largest absolute Gasteiger partial charge is 0.325 e. The number of amides is 2. The molecule has 1 aliphatic rings. The Hall–Kier alpha value is -3.34. The Kier molecular flexibility index (Phi) is 4.38. The maximum absolute atomic E-state index is 13.7. The van der Waals surface area contributed by atoms with E-state index in [1.807, 2.05) is 6.07 Å². The molecule has 132 valence electrons. The molecule has 0 aliphatic heterocycles. The summed E-state index contributed by atoms with van der Waals surface area (Å²) < 4.78 is 39.9. The van der Waals surface area contributed by atoms with Crippen molar-refractivity contribution in [3.05, 3.63) is 59.4 Å². The van der Waals surface area contributed by atoms with E-state index in [0.29, 0.717) is 17.3 Å². The first kappa shape index (κ1) is 17.5. The van der Waals surface area contributed by atoms with Crippen molar-refractivity contribution in [1.29, 1.82) is 5.26 Å². The summed E-state index contributed by atoms with van der Waals surface area (Å²) in [7, 11) is 0. The van der Waals surface area contributed by atoms with Gasteiger partial charge in [-0.2, -0.15) is 5.26 Å². The summed E-state index contributed by atoms with van der Waals surface area (Å²) in [6.45, 7) is 0. The van der Waals surface area contributed by atoms with Gasteiger partial charge in [-0.15, -0.1) is 0 Å². The van der Waals surface area contributed by atoms with E-state index in [0.717, 1.165) is 6.07 Å². The topological polar surface area (TPSA) is 82.0 Å². The van der Waals surface area contributed by atoms with E-state index in [9.17, 15) is 22.8 Å². The lowest BCUT2D eigenvalue weighted by atomic mass is 10.0. The summed E-state index contributed by atoms with van der Waals surface area (Å²) >= 11 is 0. The van der Waals surface area contributed by atoms with Crippen LogP contribution in [0.1, 0.15) is 18.4 Å². The average molecular weight is 359 g/mol. The van der Waals surface area contributed by atoms with Gasteiger partial charge in [0.05, 0.1) is 17.3 Å². The predicted molar refractivity (Wildman–Crippen MR) is 86.4 cm³/mol. The summed E-state index contributed by atoms with van der Waals surface area (Å²) in [6.07, 6.45) is 0.460. The molecular formula is C18H12F3N3O2. The zero-order valence-corrected chi connectivity index (χ0v) is 13.3. The molecule has 3 rings (SSSR count). The van der Waals surface area contributed by atoms with Crippen LogP contribution in [0.3, 0.4) is 0 Å². The number of carbonyl (C=O) groups excluding carboxylic acids is 2. The maximum atomic E-state index is 13.7. The SMILES string of the molecule is N#Cc1cccc(NC(=O)C2(C(=O)Nc3ccc(F)c(F)c3F)CC2)c1. The number of hydrogen-bond acceptors (Lipinski definition) is 3. The van der Waals surface area contributed by atoms with Crippen LogP contribution in [0.5, 0.6) is 0 Å².